The van der Waals surface area contributed by atoms with Gasteiger partial charge < -0.3 is 14.2 Å². The summed E-state index contributed by atoms with van der Waals surface area (Å²) in [6.45, 7) is 17.4. The smallest absolute Gasteiger partial charge is 0.328 e. The number of carbonyl (C=O) groups is 3. The van der Waals surface area contributed by atoms with E-state index < -0.39 is 5.41 Å². The molecule has 0 bridgehead atoms. The molecular formula is C50H65N3O6. The molecule has 4 fully saturated rings. The van der Waals surface area contributed by atoms with Gasteiger partial charge in [0.25, 0.3) is 0 Å². The molecule has 1 aromatic heterocycles. The van der Waals surface area contributed by atoms with E-state index in [-0.39, 0.29) is 76.6 Å². The lowest BCUT2D eigenvalue weighted by Gasteiger charge is -2.71. The van der Waals surface area contributed by atoms with Crippen molar-refractivity contribution in [2.75, 3.05) is 0 Å². The van der Waals surface area contributed by atoms with E-state index in [4.69, 9.17) is 14.2 Å². The summed E-state index contributed by atoms with van der Waals surface area (Å²) in [5.41, 5.74) is 3.60. The van der Waals surface area contributed by atoms with Gasteiger partial charge in [-0.2, -0.15) is 0 Å². The lowest BCUT2D eigenvalue weighted by molar-refractivity contribution is -0.214. The molecule has 4 saturated carbocycles. The number of hydrogen-bond donors (Lipinski definition) is 0. The first-order chi connectivity index (χ1) is 28.0. The zero-order valence-electron chi connectivity index (χ0n) is 36.4. The first-order valence-corrected chi connectivity index (χ1v) is 22.2. The van der Waals surface area contributed by atoms with Gasteiger partial charge in [-0.1, -0.05) is 126 Å². The highest BCUT2D eigenvalue weighted by Gasteiger charge is 2.69. The summed E-state index contributed by atoms with van der Waals surface area (Å²) in [6.07, 6.45) is 14.1. The zero-order chi connectivity index (χ0) is 41.8. The quantitative estimate of drug-likeness (QED) is 0.113. The lowest BCUT2D eigenvalue weighted by atomic mass is 9.33. The Morgan fingerprint density at radius 3 is 2.17 bits per heavy atom. The molecule has 8 rings (SSSR count). The number of ether oxygens (including phenoxy) is 3. The molecule has 316 valence electrons. The Kier molecular flexibility index (Phi) is 10.8. The molecule has 0 spiro atoms. The van der Waals surface area contributed by atoms with Gasteiger partial charge in [-0.3, -0.25) is 14.4 Å². The maximum atomic E-state index is 14.4. The van der Waals surface area contributed by atoms with Crippen molar-refractivity contribution >= 4 is 17.9 Å². The first-order valence-electron chi connectivity index (χ1n) is 22.2. The number of rotatable bonds is 10. The van der Waals surface area contributed by atoms with Crippen LogP contribution in [0.15, 0.2) is 78.5 Å². The van der Waals surface area contributed by atoms with Gasteiger partial charge in [-0.15, -0.1) is 5.10 Å². The minimum Gasteiger partial charge on any atom is -0.460 e. The number of allylic oxidation sites excluding steroid dienone is 2. The summed E-state index contributed by atoms with van der Waals surface area (Å²) in [5.74, 6) is 0.412. The summed E-state index contributed by atoms with van der Waals surface area (Å²) >= 11 is 0. The van der Waals surface area contributed by atoms with E-state index >= 15 is 0 Å². The van der Waals surface area contributed by atoms with Gasteiger partial charge in [-0.25, -0.2) is 4.68 Å². The Hall–Kier alpha value is -4.27. The second kappa shape index (κ2) is 15.3. The number of carbonyl (C=O) groups excluding carboxylic acids is 3. The normalized spacial score (nSPS) is 34.1. The van der Waals surface area contributed by atoms with Crippen LogP contribution in [0.25, 0.3) is 0 Å². The molecule has 0 amide bonds. The highest BCUT2D eigenvalue weighted by atomic mass is 16.5. The third-order valence-electron chi connectivity index (χ3n) is 16.9. The molecule has 3 aromatic rings. The Labute approximate surface area is 351 Å². The van der Waals surface area contributed by atoms with Crippen molar-refractivity contribution in [3.63, 3.8) is 0 Å². The fourth-order valence-corrected chi connectivity index (χ4v) is 13.4. The molecule has 0 N–H and O–H groups in total. The zero-order valence-corrected chi connectivity index (χ0v) is 36.4. The molecule has 9 nitrogen and oxygen atoms in total. The molecule has 0 saturated heterocycles. The average molecular weight is 804 g/mol. The van der Waals surface area contributed by atoms with Crippen LogP contribution in [0.3, 0.4) is 0 Å². The van der Waals surface area contributed by atoms with Crippen LogP contribution in [-0.4, -0.2) is 39.0 Å². The fraction of sp³-hybridized carbons (Fsp3) is 0.620. The number of nitrogens with zero attached hydrogens (tertiary/aromatic N) is 3. The van der Waals surface area contributed by atoms with Crippen LogP contribution in [-0.2, 0) is 54.8 Å². The molecule has 5 aliphatic carbocycles. The van der Waals surface area contributed by atoms with Gasteiger partial charge in [-0.05, 0) is 115 Å². The third-order valence-corrected chi connectivity index (χ3v) is 16.9. The van der Waals surface area contributed by atoms with Crippen molar-refractivity contribution in [3.8, 4) is 0 Å². The minimum atomic E-state index is -0.465. The lowest BCUT2D eigenvalue weighted by Crippen LogP contribution is -2.65. The van der Waals surface area contributed by atoms with Gasteiger partial charge in [0.2, 0.25) is 0 Å². The molecule has 59 heavy (non-hydrogen) atoms. The number of esters is 3. The maximum absolute atomic E-state index is 14.4. The largest absolute Gasteiger partial charge is 0.460 e. The second-order valence-corrected chi connectivity index (χ2v) is 21.0. The maximum Gasteiger partial charge on any atom is 0.328 e. The molecular weight excluding hydrogens is 739 g/mol. The van der Waals surface area contributed by atoms with Crippen LogP contribution >= 0.6 is 0 Å². The van der Waals surface area contributed by atoms with E-state index in [1.165, 1.54) is 10.3 Å². The summed E-state index contributed by atoms with van der Waals surface area (Å²) in [5, 5.41) is 8.26. The van der Waals surface area contributed by atoms with Crippen LogP contribution in [0.1, 0.15) is 129 Å². The second-order valence-electron chi connectivity index (χ2n) is 21.0. The molecule has 9 heteroatoms. The topological polar surface area (TPSA) is 110 Å². The van der Waals surface area contributed by atoms with Crippen LogP contribution in [0.2, 0.25) is 0 Å². The van der Waals surface area contributed by atoms with Crippen LogP contribution in [0, 0.1) is 50.2 Å². The van der Waals surface area contributed by atoms with Gasteiger partial charge >= 0.3 is 17.9 Å². The van der Waals surface area contributed by atoms with Crippen LogP contribution < -0.4 is 0 Å². The molecule has 0 radical (unpaired) electrons. The minimum absolute atomic E-state index is 0.00444. The molecule has 5 aliphatic rings. The molecule has 1 heterocycles. The van der Waals surface area contributed by atoms with E-state index in [0.717, 1.165) is 75.3 Å². The predicted molar refractivity (Wildman–Crippen MR) is 225 cm³/mol. The van der Waals surface area contributed by atoms with E-state index in [2.05, 4.69) is 64.9 Å². The van der Waals surface area contributed by atoms with Gasteiger partial charge in [0.05, 0.1) is 18.0 Å². The Morgan fingerprint density at radius 1 is 0.746 bits per heavy atom. The predicted octanol–water partition coefficient (Wildman–Crippen LogP) is 10.0. The van der Waals surface area contributed by atoms with Crippen molar-refractivity contribution in [2.24, 2.45) is 50.2 Å². The third kappa shape index (κ3) is 7.36. The summed E-state index contributed by atoms with van der Waals surface area (Å²) in [7, 11) is 0. The van der Waals surface area contributed by atoms with Gasteiger partial charge in [0.1, 0.15) is 31.6 Å². The standard InChI is InChI=1S/C50H65N3O6/c1-45(2)24-26-50(44(56)58-32-35-16-12-9-13-17-35)27-25-48(6)37(38(50)29-45)18-19-40-47(5)22-21-41(46(3,4)39(47)20-23-49(40,48)7)59-43(55)31-53-30-36(51-52-53)33-57-42(54)28-34-14-10-8-11-15-34/h8-18,30,38-41H,19-29,31-33H2,1-7H3/t38-,39-,40+,41-,47-,48+,49+,50-/m0/s1. The van der Waals surface area contributed by atoms with Crippen LogP contribution in [0.4, 0.5) is 0 Å². The highest BCUT2D eigenvalue weighted by Crippen LogP contribution is 2.76. The Bertz CT molecular complexity index is 2070. The van der Waals surface area contributed by atoms with Crippen molar-refractivity contribution in [2.45, 2.75) is 145 Å². The Morgan fingerprint density at radius 2 is 1.44 bits per heavy atom. The number of fused-ring (bicyclic) bond motifs is 7. The summed E-state index contributed by atoms with van der Waals surface area (Å²) in [6, 6.07) is 19.6. The fourth-order valence-electron chi connectivity index (χ4n) is 13.4. The van der Waals surface area contributed by atoms with Crippen molar-refractivity contribution in [3.05, 3.63) is 95.3 Å². The summed E-state index contributed by atoms with van der Waals surface area (Å²) in [4.78, 5) is 40.2. The van der Waals surface area contributed by atoms with E-state index in [1.807, 2.05) is 60.7 Å². The Balaban J connectivity index is 0.945. The molecule has 0 aliphatic heterocycles. The molecule has 0 unspecified atom stereocenters. The summed E-state index contributed by atoms with van der Waals surface area (Å²) < 4.78 is 19.4. The highest BCUT2D eigenvalue weighted by molar-refractivity contribution is 5.79. The van der Waals surface area contributed by atoms with Gasteiger partial charge in [0.15, 0.2) is 0 Å². The van der Waals surface area contributed by atoms with E-state index in [1.54, 1.807) is 6.20 Å². The van der Waals surface area contributed by atoms with E-state index in [9.17, 15) is 14.4 Å². The molecule has 8 atom stereocenters. The van der Waals surface area contributed by atoms with E-state index in [0.29, 0.717) is 24.1 Å². The molecule has 2 aromatic carbocycles. The van der Waals surface area contributed by atoms with Crippen molar-refractivity contribution in [1.29, 1.82) is 0 Å². The SMILES string of the molecule is CC1(C)CC[C@]2(C(=O)OCc3ccccc3)CC[C@]3(C)C(=CC[C@@H]4[C@@]5(C)CC[C@H](OC(=O)Cn6cc(COC(=O)Cc7ccccc7)nn6)C(C)(C)[C@@H]5CC[C@]43C)[C@@H]2C1. The number of hydrogen-bond acceptors (Lipinski definition) is 8. The van der Waals surface area contributed by atoms with Gasteiger partial charge in [0, 0.05) is 5.41 Å². The number of benzene rings is 2. The van der Waals surface area contributed by atoms with Crippen molar-refractivity contribution < 1.29 is 28.6 Å². The first kappa shape index (κ1) is 41.5. The number of aromatic nitrogens is 3. The van der Waals surface area contributed by atoms with Crippen molar-refractivity contribution in [1.82, 2.24) is 15.0 Å². The van der Waals surface area contributed by atoms with Crippen LogP contribution in [0.5, 0.6) is 0 Å². The monoisotopic (exact) mass is 803 g/mol. The average Bonchev–Trinajstić information content (AvgIpc) is 3.65.